The third-order valence-corrected chi connectivity index (χ3v) is 1.29. The monoisotopic (exact) mass is 350 g/mol. The Kier molecular flexibility index (Phi) is 12.4. The number of hydrogen-bond acceptors (Lipinski definition) is 1. The molecule has 0 aliphatic heterocycles. The maximum atomic E-state index is 11.8. The van der Waals surface area contributed by atoms with Gasteiger partial charge in [0.15, 0.2) is 12.4 Å². The Morgan fingerprint density at radius 3 is 1.13 bits per heavy atom. The fourth-order valence-electron chi connectivity index (χ4n) is 0.720. The molecule has 0 radical (unpaired) electrons. The second-order valence-electron chi connectivity index (χ2n) is 3.33. The van der Waals surface area contributed by atoms with Crippen LogP contribution in [0.3, 0.4) is 0 Å². The molecule has 0 saturated carbocycles. The van der Waals surface area contributed by atoms with Gasteiger partial charge in [0.05, 0.1) is 4.48 Å². The first-order valence-electron chi connectivity index (χ1n) is 5.72. The summed E-state index contributed by atoms with van der Waals surface area (Å²) in [7, 11) is -11.5. The highest BCUT2D eigenvalue weighted by Gasteiger charge is 2.20. The van der Waals surface area contributed by atoms with Crippen LogP contribution in [0, 0.1) is 0 Å². The molecule has 130 valence electrons. The van der Waals surface area contributed by atoms with Crippen molar-refractivity contribution < 1.29 is 49.5 Å². The van der Waals surface area contributed by atoms with Gasteiger partial charge in [-0.3, -0.25) is 0 Å². The van der Waals surface area contributed by atoms with E-state index in [-0.39, 0.29) is 0 Å². The van der Waals surface area contributed by atoms with Gasteiger partial charge in [0.2, 0.25) is 12.4 Å². The lowest BCUT2D eigenvalue weighted by Crippen LogP contribution is -2.18. The smallest absolute Gasteiger partial charge is 0.523 e. The zero-order valence-electron chi connectivity index (χ0n) is 11.3. The summed E-state index contributed by atoms with van der Waals surface area (Å²) >= 11 is 0. The van der Waals surface area contributed by atoms with Crippen LogP contribution in [-0.4, -0.2) is 19.5 Å². The molecule has 23 heavy (non-hydrogen) atoms. The van der Waals surface area contributed by atoms with Crippen LogP contribution in [0.4, 0.5) is 34.7 Å². The second-order valence-corrected chi connectivity index (χ2v) is 3.33. The number of rotatable bonds is 0. The third kappa shape index (κ3) is 45.0. The molecule has 0 amide bonds. The summed E-state index contributed by atoms with van der Waals surface area (Å²) in [5, 5.41) is 6.58. The summed E-state index contributed by atoms with van der Waals surface area (Å²) in [6.07, 6.45) is 6.42. The standard InChI is InChI=1S/C5H5FN.C5H5N.BF4.BF3HO/c6-7-4-2-1-3-5-7;1-2-4-6-5-3-1;2*2-1(3,4)5/h1-5H;1-5H;;5H/q+1;;2*-1/p+1. The van der Waals surface area contributed by atoms with Crippen molar-refractivity contribution in [2.75, 3.05) is 0 Å². The number of aromatic amines is 1. The molecule has 13 heteroatoms. The number of nitrogens with one attached hydrogen (secondary N) is 1. The fourth-order valence-corrected chi connectivity index (χ4v) is 0.720. The molecule has 0 unspecified atom stereocenters. The highest BCUT2D eigenvalue weighted by molar-refractivity contribution is 6.50. The van der Waals surface area contributed by atoms with Gasteiger partial charge in [0.1, 0.15) is 0 Å². The zero-order chi connectivity index (χ0) is 18.4. The Balaban J connectivity index is 0. The Bertz CT molecular complexity index is 433. The number of hydrogen-bond donors (Lipinski definition) is 1. The summed E-state index contributed by atoms with van der Waals surface area (Å²) in [5.74, 6) is 0. The minimum absolute atomic E-state index is 0.500. The quantitative estimate of drug-likeness (QED) is 0.576. The summed E-state index contributed by atoms with van der Waals surface area (Å²) in [6.45, 7) is 0. The van der Waals surface area contributed by atoms with E-state index in [0.717, 1.165) is 0 Å². The largest absolute Gasteiger partial charge is 0.673 e. The van der Waals surface area contributed by atoms with E-state index in [1.54, 1.807) is 18.2 Å². The molecule has 2 heterocycles. The Morgan fingerprint density at radius 1 is 0.696 bits per heavy atom. The van der Waals surface area contributed by atoms with Crippen LogP contribution in [0.2, 0.25) is 0 Å². The SMILES string of the molecule is F[B-](F)(F)F.F[n+]1ccccc1.O[B-](F)(F)F.c1cc[nH+]cc1. The summed E-state index contributed by atoms with van der Waals surface area (Å²) in [6, 6.07) is 10.9. The molecule has 0 saturated heterocycles. The van der Waals surface area contributed by atoms with Crippen LogP contribution in [0.1, 0.15) is 0 Å². The molecule has 2 N–H and O–H groups in total. The highest BCUT2D eigenvalue weighted by Crippen LogP contribution is 2.06. The molecule has 0 atom stereocenters. The molecular weight excluding hydrogens is 338 g/mol. The van der Waals surface area contributed by atoms with Crippen LogP contribution in [-0.2, 0) is 0 Å². The van der Waals surface area contributed by atoms with E-state index in [4.69, 9.17) is 5.02 Å². The number of aromatic nitrogens is 2. The van der Waals surface area contributed by atoms with E-state index >= 15 is 0 Å². The van der Waals surface area contributed by atoms with Gasteiger partial charge in [0.25, 0.3) is 0 Å². The van der Waals surface area contributed by atoms with Gasteiger partial charge >= 0.3 is 14.4 Å². The van der Waals surface area contributed by atoms with Crippen LogP contribution in [0.25, 0.3) is 0 Å². The van der Waals surface area contributed by atoms with Gasteiger partial charge in [-0.05, 0) is 0 Å². The number of pyridine rings is 2. The van der Waals surface area contributed by atoms with Crippen LogP contribution >= 0.6 is 0 Å². The van der Waals surface area contributed by atoms with Crippen LogP contribution < -0.4 is 9.77 Å². The van der Waals surface area contributed by atoms with E-state index in [2.05, 4.69) is 4.98 Å². The van der Waals surface area contributed by atoms with Crippen molar-refractivity contribution in [2.24, 2.45) is 0 Å². The van der Waals surface area contributed by atoms with Crippen LogP contribution in [0.5, 0.6) is 0 Å². The zero-order valence-corrected chi connectivity index (χ0v) is 11.3. The lowest BCUT2D eigenvalue weighted by atomic mass is 10.3. The maximum absolute atomic E-state index is 11.8. The maximum Gasteiger partial charge on any atom is 0.673 e. The summed E-state index contributed by atoms with van der Waals surface area (Å²) < 4.78 is 80.7. The average molecular weight is 350 g/mol. The Morgan fingerprint density at radius 2 is 1.00 bits per heavy atom. The van der Waals surface area contributed by atoms with Crippen molar-refractivity contribution in [1.29, 1.82) is 0 Å². The Hall–Kier alpha value is -2.17. The number of nitrogens with zero attached hydrogens (tertiary/aromatic N) is 1. The molecule has 0 bridgehead atoms. The molecular formula is C10H12B2F8N2O. The first-order chi connectivity index (χ1) is 10.4. The molecule has 0 aliphatic carbocycles. The second kappa shape index (κ2) is 12.4. The van der Waals surface area contributed by atoms with E-state index in [0.29, 0.717) is 4.79 Å². The predicted molar refractivity (Wildman–Crippen MR) is 67.6 cm³/mol. The Labute approximate surface area is 126 Å². The van der Waals surface area contributed by atoms with E-state index in [9.17, 15) is 34.7 Å². The summed E-state index contributed by atoms with van der Waals surface area (Å²) in [5.41, 5.74) is 0. The topological polar surface area (TPSA) is 38.2 Å². The lowest BCUT2D eigenvalue weighted by molar-refractivity contribution is -0.843. The third-order valence-electron chi connectivity index (χ3n) is 1.29. The van der Waals surface area contributed by atoms with E-state index in [1.165, 1.54) is 12.4 Å². The molecule has 0 aliphatic rings. The first kappa shape index (κ1) is 23.1. The predicted octanol–water partition coefficient (Wildman–Crippen LogP) is 2.83. The molecule has 2 aromatic rings. The minimum atomic E-state index is -6.00. The van der Waals surface area contributed by atoms with Crippen molar-refractivity contribution in [2.45, 2.75) is 0 Å². The normalized spacial score (nSPS) is 9.96. The van der Waals surface area contributed by atoms with E-state index in [1.807, 2.05) is 30.6 Å². The fraction of sp³-hybridized carbons (Fsp3) is 0. The van der Waals surface area contributed by atoms with E-state index < -0.39 is 14.4 Å². The minimum Gasteiger partial charge on any atom is -0.523 e. The van der Waals surface area contributed by atoms with Gasteiger partial charge < -0.3 is 35.2 Å². The van der Waals surface area contributed by atoms with Gasteiger partial charge in [-0.2, -0.15) is 0 Å². The number of halogens is 8. The van der Waals surface area contributed by atoms with Gasteiger partial charge in [-0.15, -0.1) is 0 Å². The average Bonchev–Trinajstić information content (AvgIpc) is 2.38. The number of H-pyrrole nitrogens is 1. The first-order valence-corrected chi connectivity index (χ1v) is 5.72. The van der Waals surface area contributed by atoms with Gasteiger partial charge in [-0.1, -0.05) is 12.1 Å². The molecule has 0 aromatic carbocycles. The molecule has 0 fully saturated rings. The highest BCUT2D eigenvalue weighted by atomic mass is 19.5. The van der Waals surface area contributed by atoms with Crippen molar-refractivity contribution >= 4 is 14.4 Å². The molecule has 2 rings (SSSR count). The lowest BCUT2D eigenvalue weighted by Gasteiger charge is -1.98. The molecule has 0 spiro atoms. The van der Waals surface area contributed by atoms with Gasteiger partial charge in [-0.25, -0.2) is 4.98 Å². The molecule has 3 nitrogen and oxygen atoms in total. The molecule has 2 aromatic heterocycles. The van der Waals surface area contributed by atoms with Gasteiger partial charge in [0, 0.05) is 29.1 Å². The van der Waals surface area contributed by atoms with Crippen molar-refractivity contribution in [3.8, 4) is 0 Å². The van der Waals surface area contributed by atoms with Crippen LogP contribution in [0.15, 0.2) is 61.2 Å². The summed E-state index contributed by atoms with van der Waals surface area (Å²) in [4.78, 5) is 3.39. The van der Waals surface area contributed by atoms with Crippen molar-refractivity contribution in [1.82, 2.24) is 0 Å². The van der Waals surface area contributed by atoms with Crippen molar-refractivity contribution in [3.05, 3.63) is 61.2 Å². The van der Waals surface area contributed by atoms with Crippen molar-refractivity contribution in [3.63, 3.8) is 0 Å².